The highest BCUT2D eigenvalue weighted by atomic mass is 16.7. The Morgan fingerprint density at radius 1 is 1.35 bits per heavy atom. The topological polar surface area (TPSA) is 70.8 Å². The van der Waals surface area contributed by atoms with Gasteiger partial charge in [0.1, 0.15) is 12.3 Å². The minimum absolute atomic E-state index is 0.167. The number of ether oxygens (including phenoxy) is 3. The zero-order valence-electron chi connectivity index (χ0n) is 13.0. The molecule has 2 aromatic rings. The first kappa shape index (κ1) is 15.7. The molecule has 0 saturated carbocycles. The lowest BCUT2D eigenvalue weighted by atomic mass is 10.1. The number of carbonyl (C=O) groups is 1. The van der Waals surface area contributed by atoms with E-state index in [1.54, 1.807) is 24.3 Å². The first-order chi connectivity index (χ1) is 11.3. The summed E-state index contributed by atoms with van der Waals surface area (Å²) < 4.78 is 21.2. The van der Waals surface area contributed by atoms with Crippen molar-refractivity contribution in [2.75, 3.05) is 13.7 Å². The van der Waals surface area contributed by atoms with Crippen LogP contribution in [0.5, 0.6) is 0 Å². The molecule has 1 unspecified atom stereocenters. The molecule has 1 aromatic carbocycles. The Hall–Kier alpha value is -2.18. The molecule has 1 aromatic heterocycles. The van der Waals surface area contributed by atoms with E-state index in [1.165, 1.54) is 7.11 Å². The average molecular weight is 317 g/mol. The van der Waals surface area contributed by atoms with Gasteiger partial charge in [-0.1, -0.05) is 17.3 Å². The van der Waals surface area contributed by atoms with Gasteiger partial charge in [0.15, 0.2) is 12.1 Å². The fourth-order valence-electron chi connectivity index (χ4n) is 2.46. The third kappa shape index (κ3) is 3.97. The molecule has 6 nitrogen and oxygen atoms in total. The highest BCUT2D eigenvalue weighted by molar-refractivity contribution is 5.90. The van der Waals surface area contributed by atoms with E-state index in [-0.39, 0.29) is 12.3 Å². The van der Waals surface area contributed by atoms with Crippen LogP contribution >= 0.6 is 0 Å². The molecule has 6 heteroatoms. The van der Waals surface area contributed by atoms with Crippen LogP contribution in [0.3, 0.4) is 0 Å². The number of hydrogen-bond acceptors (Lipinski definition) is 6. The average Bonchev–Trinajstić information content (AvgIpc) is 3.09. The lowest BCUT2D eigenvalue weighted by Crippen LogP contribution is -2.21. The summed E-state index contributed by atoms with van der Waals surface area (Å²) in [7, 11) is 1.36. The lowest BCUT2D eigenvalue weighted by molar-refractivity contribution is -0.171. The molecule has 1 fully saturated rings. The van der Waals surface area contributed by atoms with Crippen LogP contribution in [0.1, 0.15) is 35.4 Å². The largest absolute Gasteiger partial charge is 0.465 e. The van der Waals surface area contributed by atoms with E-state index in [1.807, 2.05) is 6.07 Å². The highest BCUT2D eigenvalue weighted by Gasteiger charge is 2.16. The molecule has 0 spiro atoms. The van der Waals surface area contributed by atoms with Gasteiger partial charge in [-0.2, -0.15) is 0 Å². The number of carbonyl (C=O) groups excluding carboxylic acids is 1. The third-order valence-electron chi connectivity index (χ3n) is 3.69. The Kier molecular flexibility index (Phi) is 5.05. The number of esters is 1. The normalized spacial score (nSPS) is 17.9. The van der Waals surface area contributed by atoms with Crippen LogP contribution in [0, 0.1) is 0 Å². The van der Waals surface area contributed by atoms with Gasteiger partial charge in [-0.3, -0.25) is 0 Å². The van der Waals surface area contributed by atoms with Crippen molar-refractivity contribution in [3.63, 3.8) is 0 Å². The standard InChI is InChI=1S/C17H19NO5/c1-20-17(19)13-6-4-5-12(9-13)15-10-14(23-18-15)11-22-16-7-2-3-8-21-16/h4-6,9-10,16H,2-3,7-8,11H2,1H3. The second kappa shape index (κ2) is 7.39. The summed E-state index contributed by atoms with van der Waals surface area (Å²) in [6.07, 6.45) is 2.94. The highest BCUT2D eigenvalue weighted by Crippen LogP contribution is 2.22. The number of rotatable bonds is 5. The third-order valence-corrected chi connectivity index (χ3v) is 3.69. The van der Waals surface area contributed by atoms with Gasteiger partial charge in [-0.25, -0.2) is 4.79 Å². The first-order valence-electron chi connectivity index (χ1n) is 7.64. The van der Waals surface area contributed by atoms with Crippen LogP contribution in [0.25, 0.3) is 11.3 Å². The summed E-state index contributed by atoms with van der Waals surface area (Å²) in [4.78, 5) is 11.6. The molecule has 0 amide bonds. The summed E-state index contributed by atoms with van der Waals surface area (Å²) in [6, 6.07) is 8.86. The van der Waals surface area contributed by atoms with E-state index in [4.69, 9.17) is 18.7 Å². The van der Waals surface area contributed by atoms with Gasteiger partial charge in [0.25, 0.3) is 0 Å². The lowest BCUT2D eigenvalue weighted by Gasteiger charge is -2.21. The Labute approximate surface area is 134 Å². The predicted octanol–water partition coefficient (Wildman–Crippen LogP) is 3.17. The maximum atomic E-state index is 11.6. The Balaban J connectivity index is 1.65. The molecule has 1 saturated heterocycles. The minimum atomic E-state index is -0.381. The molecule has 3 rings (SSSR count). The van der Waals surface area contributed by atoms with Crippen molar-refractivity contribution in [3.05, 3.63) is 41.7 Å². The molecule has 1 aliphatic heterocycles. The van der Waals surface area contributed by atoms with Crippen LogP contribution in [-0.2, 0) is 20.8 Å². The van der Waals surface area contributed by atoms with Crippen molar-refractivity contribution < 1.29 is 23.5 Å². The van der Waals surface area contributed by atoms with Gasteiger partial charge in [0.05, 0.1) is 12.7 Å². The smallest absolute Gasteiger partial charge is 0.337 e. The minimum Gasteiger partial charge on any atom is -0.465 e. The summed E-state index contributed by atoms with van der Waals surface area (Å²) >= 11 is 0. The van der Waals surface area contributed by atoms with Crippen molar-refractivity contribution >= 4 is 5.97 Å². The van der Waals surface area contributed by atoms with Crippen molar-refractivity contribution in [2.45, 2.75) is 32.2 Å². The fourth-order valence-corrected chi connectivity index (χ4v) is 2.46. The SMILES string of the molecule is COC(=O)c1cccc(-c2cc(COC3CCCCO3)on2)c1. The molecule has 1 aliphatic rings. The number of aromatic nitrogens is 1. The molecule has 23 heavy (non-hydrogen) atoms. The molecule has 0 bridgehead atoms. The van der Waals surface area contributed by atoms with Crippen molar-refractivity contribution in [3.8, 4) is 11.3 Å². The van der Waals surface area contributed by atoms with Crippen LogP contribution in [0.4, 0.5) is 0 Å². The molecule has 0 aliphatic carbocycles. The Morgan fingerprint density at radius 2 is 2.26 bits per heavy atom. The van der Waals surface area contributed by atoms with E-state index in [0.29, 0.717) is 23.6 Å². The van der Waals surface area contributed by atoms with E-state index in [0.717, 1.165) is 31.4 Å². The van der Waals surface area contributed by atoms with Crippen LogP contribution in [0.2, 0.25) is 0 Å². The first-order valence-corrected chi connectivity index (χ1v) is 7.64. The molecule has 0 N–H and O–H groups in total. The second-order valence-corrected chi connectivity index (χ2v) is 5.36. The zero-order valence-corrected chi connectivity index (χ0v) is 13.0. The van der Waals surface area contributed by atoms with Crippen molar-refractivity contribution in [1.82, 2.24) is 5.16 Å². The number of methoxy groups -OCH3 is 1. The summed E-state index contributed by atoms with van der Waals surface area (Å²) in [5, 5.41) is 4.03. The molecule has 122 valence electrons. The fraction of sp³-hybridized carbons (Fsp3) is 0.412. The van der Waals surface area contributed by atoms with Crippen molar-refractivity contribution in [2.24, 2.45) is 0 Å². The van der Waals surface area contributed by atoms with Gasteiger partial charge in [-0.15, -0.1) is 0 Å². The summed E-state index contributed by atoms with van der Waals surface area (Å²) in [5.41, 5.74) is 1.91. The van der Waals surface area contributed by atoms with Crippen molar-refractivity contribution in [1.29, 1.82) is 0 Å². The maximum absolute atomic E-state index is 11.6. The second-order valence-electron chi connectivity index (χ2n) is 5.36. The Bertz CT molecular complexity index is 661. The van der Waals surface area contributed by atoms with Gasteiger partial charge in [-0.05, 0) is 31.4 Å². The maximum Gasteiger partial charge on any atom is 0.337 e. The molecule has 0 radical (unpaired) electrons. The van der Waals surface area contributed by atoms with E-state index in [2.05, 4.69) is 5.16 Å². The van der Waals surface area contributed by atoms with Gasteiger partial charge < -0.3 is 18.7 Å². The predicted molar refractivity (Wildman–Crippen MR) is 81.7 cm³/mol. The van der Waals surface area contributed by atoms with Gasteiger partial charge in [0.2, 0.25) is 0 Å². The molecule has 1 atom stereocenters. The number of hydrogen-bond donors (Lipinski definition) is 0. The quantitative estimate of drug-likeness (QED) is 0.789. The van der Waals surface area contributed by atoms with Crippen LogP contribution < -0.4 is 0 Å². The Morgan fingerprint density at radius 3 is 3.04 bits per heavy atom. The van der Waals surface area contributed by atoms with Crippen LogP contribution in [0.15, 0.2) is 34.9 Å². The molecular formula is C17H19NO5. The zero-order chi connectivity index (χ0) is 16.1. The monoisotopic (exact) mass is 317 g/mol. The summed E-state index contributed by atoms with van der Waals surface area (Å²) in [6.45, 7) is 1.06. The summed E-state index contributed by atoms with van der Waals surface area (Å²) in [5.74, 6) is 0.242. The number of benzene rings is 1. The van der Waals surface area contributed by atoms with Gasteiger partial charge >= 0.3 is 5.97 Å². The van der Waals surface area contributed by atoms with E-state index in [9.17, 15) is 4.79 Å². The van der Waals surface area contributed by atoms with Crippen LogP contribution in [-0.4, -0.2) is 31.1 Å². The van der Waals surface area contributed by atoms with E-state index < -0.39 is 0 Å². The van der Waals surface area contributed by atoms with Gasteiger partial charge in [0, 0.05) is 18.2 Å². The number of nitrogens with zero attached hydrogens (tertiary/aromatic N) is 1. The molecular weight excluding hydrogens is 298 g/mol. The molecule has 2 heterocycles. The van der Waals surface area contributed by atoms with E-state index >= 15 is 0 Å².